The first-order valence-corrected chi connectivity index (χ1v) is 10.8. The van der Waals surface area contributed by atoms with Crippen LogP contribution < -0.4 is 5.32 Å². The molecule has 1 unspecified atom stereocenters. The van der Waals surface area contributed by atoms with Crippen LogP contribution in [-0.2, 0) is 28.7 Å². The smallest absolute Gasteiger partial charge is 0.356 e. The number of carbonyl (C=O) groups is 3. The summed E-state index contributed by atoms with van der Waals surface area (Å²) in [5.74, 6) is -3.03. The summed E-state index contributed by atoms with van der Waals surface area (Å²) in [7, 11) is -3.95. The number of β-lactam (4-membered cyclic amide) rings is 1. The van der Waals surface area contributed by atoms with Crippen molar-refractivity contribution in [2.45, 2.75) is 11.4 Å². The standard InChI is InChI=1S/C13H13N3O7S3/c1-26(21,22)23-7-5-25-12-9(11(18)16(12)10(7)13(19)20)15-8(17)6-24-4-2-3-14/h2,4,9,12H,5-6H2,1H3,(H,15,17)(H,19,20)/t9?,12-/m0/s1. The van der Waals surface area contributed by atoms with Gasteiger partial charge in [-0.15, -0.1) is 23.5 Å². The minimum Gasteiger partial charge on any atom is -0.476 e. The molecular formula is C13H13N3O7S3. The van der Waals surface area contributed by atoms with Gasteiger partial charge in [-0.25, -0.2) is 4.79 Å². The number of amides is 2. The Bertz CT molecular complexity index is 844. The number of rotatable bonds is 7. The third-order valence-electron chi connectivity index (χ3n) is 3.16. The number of nitrogens with one attached hydrogen (secondary N) is 1. The second kappa shape index (κ2) is 8.02. The van der Waals surface area contributed by atoms with Gasteiger partial charge in [-0.3, -0.25) is 14.5 Å². The Morgan fingerprint density at radius 1 is 1.58 bits per heavy atom. The van der Waals surface area contributed by atoms with Crippen molar-refractivity contribution in [1.29, 1.82) is 5.26 Å². The lowest BCUT2D eigenvalue weighted by atomic mass is 10.0. The van der Waals surface area contributed by atoms with Gasteiger partial charge < -0.3 is 14.6 Å². The highest BCUT2D eigenvalue weighted by Crippen LogP contribution is 2.40. The quantitative estimate of drug-likeness (QED) is 0.311. The van der Waals surface area contributed by atoms with Gasteiger partial charge in [-0.2, -0.15) is 13.7 Å². The number of hydrogen-bond acceptors (Lipinski definition) is 9. The van der Waals surface area contributed by atoms with Crippen molar-refractivity contribution < 1.29 is 32.1 Å². The van der Waals surface area contributed by atoms with Crippen LogP contribution in [0.25, 0.3) is 0 Å². The first kappa shape index (κ1) is 20.1. The number of allylic oxidation sites excluding steroid dienone is 1. The number of fused-ring (bicyclic) bond motifs is 1. The molecule has 0 radical (unpaired) electrons. The predicted octanol–water partition coefficient (Wildman–Crippen LogP) is -0.571. The highest BCUT2D eigenvalue weighted by atomic mass is 32.2. The molecule has 10 nitrogen and oxygen atoms in total. The number of aliphatic carboxylic acids is 1. The van der Waals surface area contributed by atoms with E-state index in [1.807, 2.05) is 0 Å². The maximum atomic E-state index is 12.3. The Labute approximate surface area is 157 Å². The van der Waals surface area contributed by atoms with Crippen molar-refractivity contribution in [3.05, 3.63) is 22.9 Å². The first-order valence-electron chi connectivity index (χ1n) is 6.92. The Balaban J connectivity index is 2.09. The third kappa shape index (κ3) is 4.51. The summed E-state index contributed by atoms with van der Waals surface area (Å²) in [5, 5.41) is 20.9. The lowest BCUT2D eigenvalue weighted by Gasteiger charge is -2.48. The van der Waals surface area contributed by atoms with Crippen molar-refractivity contribution in [3.8, 4) is 6.07 Å². The van der Waals surface area contributed by atoms with E-state index in [9.17, 15) is 27.9 Å². The van der Waals surface area contributed by atoms with E-state index in [-0.39, 0.29) is 17.3 Å². The lowest BCUT2D eigenvalue weighted by Crippen LogP contribution is -2.70. The molecule has 2 atom stereocenters. The fourth-order valence-corrected chi connectivity index (χ4v) is 4.57. The molecule has 140 valence electrons. The number of carbonyl (C=O) groups excluding carboxylic acids is 2. The molecule has 1 saturated heterocycles. The van der Waals surface area contributed by atoms with Gasteiger partial charge in [-0.05, 0) is 5.41 Å². The maximum Gasteiger partial charge on any atom is 0.356 e. The van der Waals surface area contributed by atoms with Gasteiger partial charge in [0.1, 0.15) is 11.4 Å². The van der Waals surface area contributed by atoms with E-state index in [0.29, 0.717) is 0 Å². The van der Waals surface area contributed by atoms with E-state index in [2.05, 4.69) is 9.50 Å². The minimum atomic E-state index is -3.95. The highest BCUT2D eigenvalue weighted by molar-refractivity contribution is 8.02. The molecule has 0 aromatic carbocycles. The van der Waals surface area contributed by atoms with Crippen LogP contribution in [0.3, 0.4) is 0 Å². The van der Waals surface area contributed by atoms with Crippen LogP contribution in [-0.4, -0.2) is 65.4 Å². The molecule has 2 aliphatic heterocycles. The molecule has 2 amide bonds. The Morgan fingerprint density at radius 2 is 2.27 bits per heavy atom. The SMILES string of the molecule is CS(=O)(=O)OC1=C(C(=O)O)N2C(=O)C(NC(=O)CSC=CC#N)[C@@H]2SC1. The van der Waals surface area contributed by atoms with Crippen LogP contribution >= 0.6 is 23.5 Å². The van der Waals surface area contributed by atoms with Gasteiger partial charge >= 0.3 is 16.1 Å². The van der Waals surface area contributed by atoms with Crippen LogP contribution in [0, 0.1) is 11.3 Å². The Kier molecular flexibility index (Phi) is 6.21. The van der Waals surface area contributed by atoms with Gasteiger partial charge in [0.05, 0.1) is 23.8 Å². The number of nitriles is 1. The molecular weight excluding hydrogens is 406 g/mol. The Morgan fingerprint density at radius 3 is 2.85 bits per heavy atom. The summed E-state index contributed by atoms with van der Waals surface area (Å²) in [5.41, 5.74) is -0.541. The zero-order valence-electron chi connectivity index (χ0n) is 13.2. The summed E-state index contributed by atoms with van der Waals surface area (Å²) in [6, 6.07) is 0.857. The van der Waals surface area contributed by atoms with E-state index in [1.165, 1.54) is 11.5 Å². The molecule has 0 aromatic rings. The topological polar surface area (TPSA) is 154 Å². The molecule has 2 aliphatic rings. The molecule has 2 heterocycles. The van der Waals surface area contributed by atoms with Gasteiger partial charge in [-0.1, -0.05) is 0 Å². The highest BCUT2D eigenvalue weighted by Gasteiger charge is 2.55. The molecule has 0 aromatic heterocycles. The molecule has 0 saturated carbocycles. The second-order valence-electron chi connectivity index (χ2n) is 5.06. The van der Waals surface area contributed by atoms with E-state index in [0.717, 1.165) is 34.7 Å². The zero-order valence-corrected chi connectivity index (χ0v) is 15.7. The van der Waals surface area contributed by atoms with Crippen LogP contribution in [0.4, 0.5) is 0 Å². The average Bonchev–Trinajstić information content (AvgIpc) is 2.54. The monoisotopic (exact) mass is 419 g/mol. The summed E-state index contributed by atoms with van der Waals surface area (Å²) in [4.78, 5) is 36.5. The van der Waals surface area contributed by atoms with Crippen molar-refractivity contribution >= 4 is 51.4 Å². The molecule has 2 N–H and O–H groups in total. The first-order chi connectivity index (χ1) is 12.2. The van der Waals surface area contributed by atoms with Gasteiger partial charge in [0, 0.05) is 6.08 Å². The van der Waals surface area contributed by atoms with Gasteiger partial charge in [0.15, 0.2) is 11.5 Å². The van der Waals surface area contributed by atoms with Crippen molar-refractivity contribution in [2.24, 2.45) is 0 Å². The maximum absolute atomic E-state index is 12.3. The van der Waals surface area contributed by atoms with Crippen molar-refractivity contribution in [2.75, 3.05) is 17.8 Å². The number of nitrogens with zero attached hydrogens (tertiary/aromatic N) is 2. The molecule has 0 bridgehead atoms. The van der Waals surface area contributed by atoms with Gasteiger partial charge in [0.2, 0.25) is 5.91 Å². The van der Waals surface area contributed by atoms with Crippen molar-refractivity contribution in [3.63, 3.8) is 0 Å². The molecule has 0 aliphatic carbocycles. The second-order valence-corrected chi connectivity index (χ2v) is 8.64. The molecule has 2 rings (SSSR count). The minimum absolute atomic E-state index is 0.0105. The average molecular weight is 419 g/mol. The van der Waals surface area contributed by atoms with Crippen molar-refractivity contribution in [1.82, 2.24) is 10.2 Å². The summed E-state index contributed by atoms with van der Waals surface area (Å²) in [6.45, 7) is 0. The van der Waals surface area contributed by atoms with Crippen LogP contribution in [0.1, 0.15) is 0 Å². The summed E-state index contributed by atoms with van der Waals surface area (Å²) >= 11 is 2.15. The molecule has 13 heteroatoms. The van der Waals surface area contributed by atoms with E-state index < -0.39 is 45.0 Å². The van der Waals surface area contributed by atoms with E-state index in [4.69, 9.17) is 5.26 Å². The molecule has 26 heavy (non-hydrogen) atoms. The predicted molar refractivity (Wildman–Crippen MR) is 92.8 cm³/mol. The third-order valence-corrected chi connectivity index (χ3v) is 5.67. The molecule has 1 fully saturated rings. The molecule has 0 spiro atoms. The van der Waals surface area contributed by atoms with E-state index in [1.54, 1.807) is 6.07 Å². The number of carboxylic acid groups (broad SMARTS) is 1. The summed E-state index contributed by atoms with van der Waals surface area (Å²) < 4.78 is 27.2. The van der Waals surface area contributed by atoms with Gasteiger partial charge in [0.25, 0.3) is 5.91 Å². The van der Waals surface area contributed by atoms with Crippen LogP contribution in [0.15, 0.2) is 22.9 Å². The number of carboxylic acids is 1. The number of thioether (sulfide) groups is 2. The summed E-state index contributed by atoms with van der Waals surface area (Å²) in [6.07, 6.45) is 1.98. The van der Waals surface area contributed by atoms with Crippen LogP contribution in [0.2, 0.25) is 0 Å². The largest absolute Gasteiger partial charge is 0.476 e. The normalized spacial score (nSPS) is 22.5. The zero-order chi connectivity index (χ0) is 19.5. The fourth-order valence-electron chi connectivity index (χ4n) is 2.26. The fraction of sp³-hybridized carbons (Fsp3) is 0.385. The number of hydrogen-bond donors (Lipinski definition) is 2. The lowest BCUT2D eigenvalue weighted by molar-refractivity contribution is -0.150. The Hall–Kier alpha value is -2.17. The van der Waals surface area contributed by atoms with E-state index >= 15 is 0 Å². The van der Waals surface area contributed by atoms with Crippen LogP contribution in [0.5, 0.6) is 0 Å².